The number of rotatable bonds is 6. The van der Waals surface area contributed by atoms with E-state index >= 15 is 0 Å². The number of hydrogen-bond acceptors (Lipinski definition) is 4. The van der Waals surface area contributed by atoms with Crippen molar-refractivity contribution in [1.82, 2.24) is 20.4 Å². The summed E-state index contributed by atoms with van der Waals surface area (Å²) in [6.45, 7) is 2.78. The Labute approximate surface area is 182 Å². The van der Waals surface area contributed by atoms with E-state index in [2.05, 4.69) is 15.7 Å². The third-order valence-corrected chi connectivity index (χ3v) is 6.12. The Morgan fingerprint density at radius 2 is 1.71 bits per heavy atom. The summed E-state index contributed by atoms with van der Waals surface area (Å²) in [6.07, 6.45) is 0. The van der Waals surface area contributed by atoms with Crippen molar-refractivity contribution >= 4 is 33.4 Å². The van der Waals surface area contributed by atoms with Crippen molar-refractivity contribution in [2.24, 2.45) is 0 Å². The van der Waals surface area contributed by atoms with Gasteiger partial charge in [0.05, 0.1) is 17.1 Å². The molecule has 0 saturated carbocycles. The first-order chi connectivity index (χ1) is 14.9. The molecule has 2 heterocycles. The number of aromatic nitrogens is 2. The Hall–Kier alpha value is -3.52. The number of benzene rings is 2. The fraction of sp³-hybridized carbons (Fsp3) is 0.174. The summed E-state index contributed by atoms with van der Waals surface area (Å²) in [5.41, 5.74) is 3.26. The Kier molecular flexibility index (Phi) is 5.81. The smallest absolute Gasteiger partial charge is 0.261 e. The van der Waals surface area contributed by atoms with Crippen LogP contribution in [0, 0.1) is 12.7 Å². The van der Waals surface area contributed by atoms with Crippen LogP contribution in [0.15, 0.2) is 54.6 Å². The highest BCUT2D eigenvalue weighted by atomic mass is 32.1. The maximum atomic E-state index is 13.2. The minimum Gasteiger partial charge on any atom is -0.355 e. The van der Waals surface area contributed by atoms with Crippen LogP contribution in [0.1, 0.15) is 36.9 Å². The average molecular weight is 437 g/mol. The van der Waals surface area contributed by atoms with Gasteiger partial charge in [-0.1, -0.05) is 24.3 Å². The normalized spacial score (nSPS) is 10.9. The molecule has 0 aliphatic rings. The van der Waals surface area contributed by atoms with E-state index in [1.807, 2.05) is 29.8 Å². The van der Waals surface area contributed by atoms with Gasteiger partial charge in [-0.05, 0) is 48.4 Å². The molecule has 0 atom stereocenters. The molecule has 0 radical (unpaired) electrons. The van der Waals surface area contributed by atoms with E-state index in [-0.39, 0.29) is 17.6 Å². The summed E-state index contributed by atoms with van der Waals surface area (Å²) >= 11 is 1.38. The van der Waals surface area contributed by atoms with Gasteiger partial charge in [0, 0.05) is 24.5 Å². The van der Waals surface area contributed by atoms with Crippen LogP contribution in [0.3, 0.4) is 0 Å². The Morgan fingerprint density at radius 3 is 2.39 bits per heavy atom. The maximum Gasteiger partial charge on any atom is 0.261 e. The Balaban J connectivity index is 1.47. The second-order valence-electron chi connectivity index (χ2n) is 7.16. The van der Waals surface area contributed by atoms with Crippen molar-refractivity contribution in [2.45, 2.75) is 20.0 Å². The van der Waals surface area contributed by atoms with Crippen LogP contribution < -0.4 is 10.6 Å². The summed E-state index contributed by atoms with van der Waals surface area (Å²) in [6, 6.07) is 15.3. The van der Waals surface area contributed by atoms with E-state index in [1.54, 1.807) is 31.3 Å². The fourth-order valence-electron chi connectivity index (χ4n) is 3.28. The molecule has 6 nitrogen and oxygen atoms in total. The standard InChI is InChI=1S/C23H21FN4O2S/c1-14-19-11-20(22(30)26-12-15-3-7-17(8-4-15)21(29)25-2)31-23(19)28(27-14)13-16-5-9-18(24)10-6-16/h3-11H,12-13H2,1-2H3,(H,25,29)(H,26,30). The van der Waals surface area contributed by atoms with E-state index < -0.39 is 0 Å². The topological polar surface area (TPSA) is 76.0 Å². The zero-order valence-electron chi connectivity index (χ0n) is 17.1. The minimum absolute atomic E-state index is 0.147. The molecule has 4 rings (SSSR count). The summed E-state index contributed by atoms with van der Waals surface area (Å²) in [7, 11) is 1.59. The highest BCUT2D eigenvalue weighted by Crippen LogP contribution is 2.29. The van der Waals surface area contributed by atoms with Gasteiger partial charge in [0.1, 0.15) is 10.6 Å². The van der Waals surface area contributed by atoms with E-state index in [1.165, 1.54) is 23.5 Å². The van der Waals surface area contributed by atoms with Gasteiger partial charge < -0.3 is 10.6 Å². The van der Waals surface area contributed by atoms with Crippen LogP contribution in [0.25, 0.3) is 10.2 Å². The van der Waals surface area contributed by atoms with Crippen molar-refractivity contribution in [3.63, 3.8) is 0 Å². The second kappa shape index (κ2) is 8.69. The van der Waals surface area contributed by atoms with Crippen molar-refractivity contribution in [3.8, 4) is 0 Å². The SMILES string of the molecule is CNC(=O)c1ccc(CNC(=O)c2cc3c(C)nn(Cc4ccc(F)cc4)c3s2)cc1. The fourth-order valence-corrected chi connectivity index (χ4v) is 4.36. The molecule has 0 bridgehead atoms. The molecular formula is C23H21FN4O2S. The molecule has 2 N–H and O–H groups in total. The van der Waals surface area contributed by atoms with Crippen LogP contribution in [-0.2, 0) is 13.1 Å². The third-order valence-electron chi connectivity index (χ3n) is 4.97. The number of hydrogen-bond donors (Lipinski definition) is 2. The van der Waals surface area contributed by atoms with Gasteiger partial charge in [0.25, 0.3) is 11.8 Å². The van der Waals surface area contributed by atoms with Crippen molar-refractivity contribution < 1.29 is 14.0 Å². The number of nitrogens with zero attached hydrogens (tertiary/aromatic N) is 2. The zero-order valence-corrected chi connectivity index (χ0v) is 17.9. The molecule has 8 heteroatoms. The van der Waals surface area contributed by atoms with E-state index in [4.69, 9.17) is 0 Å². The number of amides is 2. The number of fused-ring (bicyclic) bond motifs is 1. The monoisotopic (exact) mass is 436 g/mol. The maximum absolute atomic E-state index is 13.2. The molecule has 0 fully saturated rings. The number of thiophene rings is 1. The van der Waals surface area contributed by atoms with Crippen LogP contribution in [-0.4, -0.2) is 28.6 Å². The molecule has 0 spiro atoms. The first-order valence-corrected chi connectivity index (χ1v) is 10.6. The Bertz CT molecular complexity index is 1240. The molecule has 0 unspecified atom stereocenters. The van der Waals surface area contributed by atoms with Gasteiger partial charge in [-0.15, -0.1) is 11.3 Å². The van der Waals surface area contributed by atoms with Gasteiger partial charge in [-0.25, -0.2) is 4.39 Å². The number of carbonyl (C=O) groups is 2. The summed E-state index contributed by atoms with van der Waals surface area (Å²) < 4.78 is 15.0. The van der Waals surface area contributed by atoms with Gasteiger partial charge >= 0.3 is 0 Å². The van der Waals surface area contributed by atoms with Crippen LogP contribution in [0.4, 0.5) is 4.39 Å². The van der Waals surface area contributed by atoms with Gasteiger partial charge in [0.15, 0.2) is 0 Å². The Morgan fingerprint density at radius 1 is 1.03 bits per heavy atom. The molecule has 0 aliphatic carbocycles. The lowest BCUT2D eigenvalue weighted by atomic mass is 10.1. The molecule has 31 heavy (non-hydrogen) atoms. The van der Waals surface area contributed by atoms with Crippen LogP contribution in [0.5, 0.6) is 0 Å². The molecule has 4 aromatic rings. The van der Waals surface area contributed by atoms with Gasteiger partial charge in [-0.2, -0.15) is 5.10 Å². The third kappa shape index (κ3) is 4.49. The van der Waals surface area contributed by atoms with Crippen LogP contribution >= 0.6 is 11.3 Å². The average Bonchev–Trinajstić information content (AvgIpc) is 3.35. The van der Waals surface area contributed by atoms with Gasteiger partial charge in [-0.3, -0.25) is 14.3 Å². The number of aryl methyl sites for hydroxylation is 1. The molecule has 2 aromatic carbocycles. The molecule has 2 aromatic heterocycles. The van der Waals surface area contributed by atoms with Crippen LogP contribution in [0.2, 0.25) is 0 Å². The van der Waals surface area contributed by atoms with Crippen molar-refractivity contribution in [1.29, 1.82) is 0 Å². The first-order valence-electron chi connectivity index (χ1n) is 9.75. The van der Waals surface area contributed by atoms with E-state index in [9.17, 15) is 14.0 Å². The first kappa shape index (κ1) is 20.7. The molecule has 158 valence electrons. The van der Waals surface area contributed by atoms with Gasteiger partial charge in [0.2, 0.25) is 0 Å². The lowest BCUT2D eigenvalue weighted by Crippen LogP contribution is -2.22. The minimum atomic E-state index is -0.274. The number of nitrogens with one attached hydrogen (secondary N) is 2. The lowest BCUT2D eigenvalue weighted by molar-refractivity contribution is 0.0949. The second-order valence-corrected chi connectivity index (χ2v) is 8.19. The summed E-state index contributed by atoms with van der Waals surface area (Å²) in [4.78, 5) is 25.8. The molecular weight excluding hydrogens is 415 g/mol. The predicted octanol–water partition coefficient (Wildman–Crippen LogP) is 3.88. The summed E-state index contributed by atoms with van der Waals surface area (Å²) in [5.74, 6) is -0.584. The summed E-state index contributed by atoms with van der Waals surface area (Å²) in [5, 5.41) is 11.0. The quantitative estimate of drug-likeness (QED) is 0.482. The predicted molar refractivity (Wildman–Crippen MR) is 119 cm³/mol. The molecule has 0 aliphatic heterocycles. The van der Waals surface area contributed by atoms with E-state index in [0.717, 1.165) is 27.0 Å². The molecule has 2 amide bonds. The number of halogens is 1. The van der Waals surface area contributed by atoms with Crippen molar-refractivity contribution in [2.75, 3.05) is 7.05 Å². The lowest BCUT2D eigenvalue weighted by Gasteiger charge is -2.05. The van der Waals surface area contributed by atoms with E-state index in [0.29, 0.717) is 23.5 Å². The van der Waals surface area contributed by atoms with Crippen molar-refractivity contribution in [3.05, 3.63) is 87.7 Å². The zero-order chi connectivity index (χ0) is 22.0. The largest absolute Gasteiger partial charge is 0.355 e. The molecule has 0 saturated heterocycles. The number of carbonyl (C=O) groups excluding carboxylic acids is 2. The highest BCUT2D eigenvalue weighted by Gasteiger charge is 2.16. The highest BCUT2D eigenvalue weighted by molar-refractivity contribution is 7.20.